The normalized spacial score (nSPS) is 17.5. The molecule has 4 N–H and O–H groups in total. The summed E-state index contributed by atoms with van der Waals surface area (Å²) >= 11 is 0. The van der Waals surface area contributed by atoms with Gasteiger partial charge < -0.3 is 15.7 Å². The first-order valence-corrected chi connectivity index (χ1v) is 15.2. The van der Waals surface area contributed by atoms with Crippen LogP contribution in [0.5, 0.6) is 5.75 Å². The van der Waals surface area contributed by atoms with Gasteiger partial charge in [0.15, 0.2) is 11.6 Å². The number of anilines is 1. The van der Waals surface area contributed by atoms with Gasteiger partial charge in [-0.25, -0.2) is 4.98 Å². The smallest absolute Gasteiger partial charge is 0.270 e. The zero-order valence-electron chi connectivity index (χ0n) is 24.4. The van der Waals surface area contributed by atoms with Crippen LogP contribution in [0.25, 0.3) is 11.1 Å². The number of hydrogen-bond acceptors (Lipinski definition) is 6. The molecule has 2 amide bonds. The van der Waals surface area contributed by atoms with Gasteiger partial charge >= 0.3 is 0 Å². The highest BCUT2D eigenvalue weighted by atomic mass is 16.3. The van der Waals surface area contributed by atoms with Gasteiger partial charge in [0.1, 0.15) is 11.7 Å². The van der Waals surface area contributed by atoms with Crippen LogP contribution in [0, 0.1) is 31.6 Å². The van der Waals surface area contributed by atoms with Crippen molar-refractivity contribution in [3.8, 4) is 16.9 Å². The van der Waals surface area contributed by atoms with Gasteiger partial charge in [-0.05, 0) is 50.7 Å². The Hall–Kier alpha value is -3.69. The minimum atomic E-state index is -0.756. The second-order valence-corrected chi connectivity index (χ2v) is 11.7. The molecule has 0 aromatic carbocycles. The first-order chi connectivity index (χ1) is 19.9. The van der Waals surface area contributed by atoms with Crippen LogP contribution in [0.15, 0.2) is 24.5 Å². The van der Waals surface area contributed by atoms with Gasteiger partial charge in [-0.2, -0.15) is 10.2 Å². The lowest BCUT2D eigenvalue weighted by molar-refractivity contribution is -0.121. The van der Waals surface area contributed by atoms with Crippen molar-refractivity contribution in [2.45, 2.75) is 97.6 Å². The second-order valence-electron chi connectivity index (χ2n) is 11.7. The summed E-state index contributed by atoms with van der Waals surface area (Å²) < 4.78 is 1.65. The summed E-state index contributed by atoms with van der Waals surface area (Å²) in [5.41, 5.74) is 3.70. The maximum absolute atomic E-state index is 14.2. The molecule has 0 unspecified atom stereocenters. The SMILES string of the molecule is CCn1nccc1C(=O)N[C@H](C(=O)Nc1ncc(-c2c(C)n[nH]c2C)cc1O)C(C1CCCCC1)C1CCCCC1. The van der Waals surface area contributed by atoms with E-state index in [1.807, 2.05) is 20.8 Å². The van der Waals surface area contributed by atoms with Crippen LogP contribution < -0.4 is 10.6 Å². The number of aryl methyl sites for hydroxylation is 3. The summed E-state index contributed by atoms with van der Waals surface area (Å²) in [6.07, 6.45) is 14.5. The zero-order chi connectivity index (χ0) is 28.9. The summed E-state index contributed by atoms with van der Waals surface area (Å²) in [5.74, 6) is 0.0336. The number of pyridine rings is 1. The third-order valence-electron chi connectivity index (χ3n) is 9.12. The number of aromatic hydroxyl groups is 1. The molecule has 3 aromatic rings. The summed E-state index contributed by atoms with van der Waals surface area (Å²) in [6.45, 7) is 6.29. The van der Waals surface area contributed by atoms with E-state index in [4.69, 9.17) is 0 Å². The van der Waals surface area contributed by atoms with Gasteiger partial charge in [0.25, 0.3) is 5.91 Å². The highest BCUT2D eigenvalue weighted by Crippen LogP contribution is 2.42. The first kappa shape index (κ1) is 28.8. The predicted octanol–water partition coefficient (Wildman–Crippen LogP) is 5.52. The minimum absolute atomic E-state index is 0.00944. The second kappa shape index (κ2) is 12.9. The maximum Gasteiger partial charge on any atom is 0.270 e. The molecule has 41 heavy (non-hydrogen) atoms. The fourth-order valence-corrected chi connectivity index (χ4v) is 7.15. The Morgan fingerprint density at radius 3 is 2.29 bits per heavy atom. The number of nitrogens with one attached hydrogen (secondary N) is 3. The van der Waals surface area contributed by atoms with Crippen LogP contribution in [0.2, 0.25) is 0 Å². The van der Waals surface area contributed by atoms with Crippen LogP contribution in [0.1, 0.15) is 93.0 Å². The fraction of sp³-hybridized carbons (Fsp3) is 0.581. The predicted molar refractivity (Wildman–Crippen MR) is 157 cm³/mol. The van der Waals surface area contributed by atoms with E-state index in [2.05, 4.69) is 30.9 Å². The van der Waals surface area contributed by atoms with Crippen molar-refractivity contribution in [1.82, 2.24) is 30.3 Å². The lowest BCUT2D eigenvalue weighted by atomic mass is 9.66. The maximum atomic E-state index is 14.2. The van der Waals surface area contributed by atoms with E-state index in [1.165, 1.54) is 12.8 Å². The monoisotopic (exact) mass is 561 g/mol. The van der Waals surface area contributed by atoms with Crippen molar-refractivity contribution in [3.63, 3.8) is 0 Å². The van der Waals surface area contributed by atoms with Gasteiger partial charge in [-0.1, -0.05) is 64.2 Å². The highest BCUT2D eigenvalue weighted by molar-refractivity contribution is 6.01. The number of carbonyl (C=O) groups excluding carboxylic acids is 2. The van der Waals surface area contributed by atoms with Crippen LogP contribution >= 0.6 is 0 Å². The topological polar surface area (TPSA) is 138 Å². The Kier molecular flexibility index (Phi) is 9.05. The van der Waals surface area contributed by atoms with Gasteiger partial charge in [-0.3, -0.25) is 19.4 Å². The fourth-order valence-electron chi connectivity index (χ4n) is 7.15. The lowest BCUT2D eigenvalue weighted by Gasteiger charge is -2.41. The van der Waals surface area contributed by atoms with Gasteiger partial charge in [0.05, 0.1) is 5.69 Å². The molecule has 0 saturated heterocycles. The zero-order valence-corrected chi connectivity index (χ0v) is 24.4. The number of rotatable bonds is 9. The molecule has 0 spiro atoms. The molecule has 220 valence electrons. The average Bonchev–Trinajstić information content (AvgIpc) is 3.60. The van der Waals surface area contributed by atoms with E-state index in [-0.39, 0.29) is 29.3 Å². The van der Waals surface area contributed by atoms with Crippen molar-refractivity contribution >= 4 is 17.6 Å². The summed E-state index contributed by atoms with van der Waals surface area (Å²) in [5, 5.41) is 28.4. The van der Waals surface area contributed by atoms with Gasteiger partial charge in [-0.15, -0.1) is 0 Å². The quantitative estimate of drug-likeness (QED) is 0.271. The van der Waals surface area contributed by atoms with Crippen molar-refractivity contribution in [3.05, 3.63) is 41.6 Å². The standard InChI is InChI=1S/C31H43N7O3/c1-4-38-24(15-16-33-38)30(40)34-28(27(21-11-7-5-8-12-21)22-13-9-6-10-14-22)31(41)35-29-25(39)17-23(18-32-29)26-19(2)36-37-20(26)3/h15-18,21-22,27-28,39H,4-14H2,1-3H3,(H,34,40)(H,36,37)(H,32,35,41)/t28-/m0/s1. The number of amides is 2. The number of hydrogen-bond donors (Lipinski definition) is 4. The Morgan fingerprint density at radius 2 is 1.73 bits per heavy atom. The minimum Gasteiger partial charge on any atom is -0.504 e. The third kappa shape index (κ3) is 6.31. The molecular weight excluding hydrogens is 518 g/mol. The van der Waals surface area contributed by atoms with Crippen LogP contribution in [-0.2, 0) is 11.3 Å². The summed E-state index contributed by atoms with van der Waals surface area (Å²) in [4.78, 5) is 32.2. The van der Waals surface area contributed by atoms with Crippen molar-refractivity contribution in [2.24, 2.45) is 17.8 Å². The lowest BCUT2D eigenvalue weighted by Crippen LogP contribution is -2.53. The number of aromatic nitrogens is 5. The largest absolute Gasteiger partial charge is 0.504 e. The van der Waals surface area contributed by atoms with E-state index in [1.54, 1.807) is 29.2 Å². The Balaban J connectivity index is 1.46. The Labute approximate surface area is 241 Å². The van der Waals surface area contributed by atoms with E-state index in [0.717, 1.165) is 68.3 Å². The average molecular weight is 562 g/mol. The highest BCUT2D eigenvalue weighted by Gasteiger charge is 2.41. The molecule has 10 nitrogen and oxygen atoms in total. The van der Waals surface area contributed by atoms with Gasteiger partial charge in [0, 0.05) is 35.8 Å². The van der Waals surface area contributed by atoms with Crippen LogP contribution in [0.3, 0.4) is 0 Å². The number of aromatic amines is 1. The Bertz CT molecular complexity index is 1310. The first-order valence-electron chi connectivity index (χ1n) is 15.2. The molecule has 2 aliphatic rings. The van der Waals surface area contributed by atoms with E-state index in [9.17, 15) is 14.7 Å². The van der Waals surface area contributed by atoms with Crippen molar-refractivity contribution in [1.29, 1.82) is 0 Å². The molecule has 0 aliphatic heterocycles. The Morgan fingerprint density at radius 1 is 1.07 bits per heavy atom. The number of nitrogens with zero attached hydrogens (tertiary/aromatic N) is 4. The van der Waals surface area contributed by atoms with Crippen LogP contribution in [-0.4, -0.2) is 47.9 Å². The molecule has 2 aliphatic carbocycles. The molecule has 10 heteroatoms. The molecular formula is C31H43N7O3. The molecule has 0 radical (unpaired) electrons. The van der Waals surface area contributed by atoms with E-state index in [0.29, 0.717) is 29.6 Å². The van der Waals surface area contributed by atoms with Crippen molar-refractivity contribution in [2.75, 3.05) is 5.32 Å². The summed E-state index contributed by atoms with van der Waals surface area (Å²) in [6, 6.07) is 2.53. The molecule has 3 heterocycles. The molecule has 2 saturated carbocycles. The molecule has 2 fully saturated rings. The van der Waals surface area contributed by atoms with Crippen molar-refractivity contribution < 1.29 is 14.7 Å². The third-order valence-corrected chi connectivity index (χ3v) is 9.12. The van der Waals surface area contributed by atoms with E-state index < -0.39 is 6.04 Å². The van der Waals surface area contributed by atoms with E-state index >= 15 is 0 Å². The molecule has 3 aromatic heterocycles. The number of carbonyl (C=O) groups is 2. The molecule has 5 rings (SSSR count). The van der Waals surface area contributed by atoms with Gasteiger partial charge in [0.2, 0.25) is 5.91 Å². The molecule has 0 bridgehead atoms. The summed E-state index contributed by atoms with van der Waals surface area (Å²) in [7, 11) is 0. The molecule has 1 atom stereocenters. The van der Waals surface area contributed by atoms with Crippen LogP contribution in [0.4, 0.5) is 5.82 Å². The number of H-pyrrole nitrogens is 1.